The lowest BCUT2D eigenvalue weighted by Gasteiger charge is -2.19. The summed E-state index contributed by atoms with van der Waals surface area (Å²) in [6.07, 6.45) is 0.165. The van der Waals surface area contributed by atoms with Gasteiger partial charge in [-0.2, -0.15) is 0 Å². The highest BCUT2D eigenvalue weighted by atomic mass is 16.5. The van der Waals surface area contributed by atoms with Crippen molar-refractivity contribution in [2.75, 3.05) is 26.1 Å². The molecule has 3 N–H and O–H groups in total. The monoisotopic (exact) mass is 519 g/mol. The maximum Gasteiger partial charge on any atom is 0.407 e. The van der Waals surface area contributed by atoms with Crippen LogP contribution in [0.2, 0.25) is 0 Å². The fraction of sp³-hybridized carbons (Fsp3) is 0.276. The number of ether oxygens (including phenoxy) is 3. The Balaban J connectivity index is 1.60. The molecule has 0 aliphatic rings. The van der Waals surface area contributed by atoms with Gasteiger partial charge in [0.05, 0.1) is 14.2 Å². The maximum atomic E-state index is 13.1. The Morgan fingerprint density at radius 3 is 2.34 bits per heavy atom. The van der Waals surface area contributed by atoms with E-state index in [1.165, 1.54) is 14.2 Å². The second kappa shape index (κ2) is 14.3. The normalized spacial score (nSPS) is 11.1. The highest BCUT2D eigenvalue weighted by molar-refractivity contribution is 6.01. The lowest BCUT2D eigenvalue weighted by molar-refractivity contribution is -0.118. The van der Waals surface area contributed by atoms with E-state index >= 15 is 0 Å². The van der Waals surface area contributed by atoms with Crippen LogP contribution in [0.3, 0.4) is 0 Å². The average Bonchev–Trinajstić information content (AvgIpc) is 2.93. The van der Waals surface area contributed by atoms with Crippen LogP contribution in [0.25, 0.3) is 0 Å². The summed E-state index contributed by atoms with van der Waals surface area (Å²) in [6.45, 7) is 2.36. The topological polar surface area (TPSA) is 115 Å². The third-order valence-electron chi connectivity index (χ3n) is 5.70. The largest absolute Gasteiger partial charge is 0.493 e. The minimum atomic E-state index is -0.849. The van der Waals surface area contributed by atoms with Crippen molar-refractivity contribution in [2.45, 2.75) is 32.4 Å². The van der Waals surface area contributed by atoms with Crippen molar-refractivity contribution >= 4 is 23.6 Å². The molecule has 0 radical (unpaired) electrons. The molecule has 0 heterocycles. The standard InChI is InChI=1S/C29H33N3O6/c1-20-9-7-12-23(17-20)31-28(34)24(32-27(33)22-14-15-25(36-2)26(18-22)37-3)13-8-16-30-29(35)38-19-21-10-5-4-6-11-21/h4-7,9-12,14-15,17-18,24H,8,13,16,19H2,1-3H3,(H,30,35)(H,31,34)(H,32,33)/t24-/m0/s1. The molecule has 9 heteroatoms. The molecule has 200 valence electrons. The molecule has 38 heavy (non-hydrogen) atoms. The number of hydrogen-bond donors (Lipinski definition) is 3. The van der Waals surface area contributed by atoms with Gasteiger partial charge in [0.15, 0.2) is 11.5 Å². The van der Waals surface area contributed by atoms with Crippen LogP contribution < -0.4 is 25.4 Å². The summed E-state index contributed by atoms with van der Waals surface area (Å²) in [5.74, 6) is 0.0869. The molecular formula is C29H33N3O6. The number of carbonyl (C=O) groups excluding carboxylic acids is 3. The van der Waals surface area contributed by atoms with Crippen LogP contribution in [0, 0.1) is 6.92 Å². The van der Waals surface area contributed by atoms with Crippen LogP contribution >= 0.6 is 0 Å². The molecule has 0 unspecified atom stereocenters. The molecule has 3 aromatic rings. The predicted molar refractivity (Wildman–Crippen MR) is 144 cm³/mol. The number of anilines is 1. The van der Waals surface area contributed by atoms with Gasteiger partial charge >= 0.3 is 6.09 Å². The molecule has 1 atom stereocenters. The first-order chi connectivity index (χ1) is 18.4. The summed E-state index contributed by atoms with van der Waals surface area (Å²) in [5.41, 5.74) is 2.82. The summed E-state index contributed by atoms with van der Waals surface area (Å²) in [4.78, 5) is 38.2. The Bertz CT molecular complexity index is 1230. The molecular weight excluding hydrogens is 486 g/mol. The lowest BCUT2D eigenvalue weighted by Crippen LogP contribution is -2.44. The molecule has 0 saturated heterocycles. The van der Waals surface area contributed by atoms with Gasteiger partial charge in [-0.25, -0.2) is 4.79 Å². The van der Waals surface area contributed by atoms with Crippen molar-refractivity contribution in [3.63, 3.8) is 0 Å². The average molecular weight is 520 g/mol. The molecule has 3 rings (SSSR count). The van der Waals surface area contributed by atoms with Crippen LogP contribution in [0.4, 0.5) is 10.5 Å². The van der Waals surface area contributed by atoms with Crippen molar-refractivity contribution in [2.24, 2.45) is 0 Å². The van der Waals surface area contributed by atoms with Crippen molar-refractivity contribution < 1.29 is 28.6 Å². The van der Waals surface area contributed by atoms with Crippen molar-refractivity contribution in [1.82, 2.24) is 10.6 Å². The number of hydrogen-bond acceptors (Lipinski definition) is 6. The van der Waals surface area contributed by atoms with Gasteiger partial charge in [0.1, 0.15) is 12.6 Å². The Labute approximate surface area is 222 Å². The summed E-state index contributed by atoms with van der Waals surface area (Å²) < 4.78 is 15.7. The van der Waals surface area contributed by atoms with E-state index in [-0.39, 0.29) is 25.5 Å². The van der Waals surface area contributed by atoms with Crippen molar-refractivity contribution in [1.29, 1.82) is 0 Å². The summed E-state index contributed by atoms with van der Waals surface area (Å²) in [6, 6.07) is 20.7. The van der Waals surface area contributed by atoms with Gasteiger partial charge in [-0.3, -0.25) is 9.59 Å². The van der Waals surface area contributed by atoms with Crippen LogP contribution in [-0.4, -0.2) is 44.7 Å². The molecule has 3 amide bonds. The minimum Gasteiger partial charge on any atom is -0.493 e. The molecule has 3 aromatic carbocycles. The van der Waals surface area contributed by atoms with Gasteiger partial charge in [0.25, 0.3) is 5.91 Å². The van der Waals surface area contributed by atoms with Crippen LogP contribution in [0.15, 0.2) is 72.8 Å². The van der Waals surface area contributed by atoms with E-state index in [9.17, 15) is 14.4 Å². The van der Waals surface area contributed by atoms with Gasteiger partial charge in [-0.15, -0.1) is 0 Å². The highest BCUT2D eigenvalue weighted by Gasteiger charge is 2.22. The fourth-order valence-corrected chi connectivity index (χ4v) is 3.71. The SMILES string of the molecule is COc1ccc(C(=O)N[C@@H](CCCNC(=O)OCc2ccccc2)C(=O)Nc2cccc(C)c2)cc1OC. The van der Waals surface area contributed by atoms with Crippen molar-refractivity contribution in [3.05, 3.63) is 89.5 Å². The molecule has 0 aliphatic carbocycles. The van der Waals surface area contributed by atoms with Crippen LogP contribution in [0.5, 0.6) is 11.5 Å². The summed E-state index contributed by atoms with van der Waals surface area (Å²) >= 11 is 0. The van der Waals surface area contributed by atoms with Crippen LogP contribution in [-0.2, 0) is 16.1 Å². The first-order valence-electron chi connectivity index (χ1n) is 12.2. The molecule has 9 nitrogen and oxygen atoms in total. The highest BCUT2D eigenvalue weighted by Crippen LogP contribution is 2.27. The summed E-state index contributed by atoms with van der Waals surface area (Å²) in [5, 5.41) is 8.34. The Morgan fingerprint density at radius 2 is 1.63 bits per heavy atom. The number of amides is 3. The van der Waals surface area contributed by atoms with Gasteiger partial charge in [0.2, 0.25) is 5.91 Å². The van der Waals surface area contributed by atoms with E-state index in [2.05, 4.69) is 16.0 Å². The molecule has 0 bridgehead atoms. The van der Waals surface area contributed by atoms with E-state index in [0.717, 1.165) is 11.1 Å². The van der Waals surface area contributed by atoms with Gasteiger partial charge < -0.3 is 30.2 Å². The molecule has 0 saturated carbocycles. The van der Waals surface area contributed by atoms with Crippen molar-refractivity contribution in [3.8, 4) is 11.5 Å². The third-order valence-corrected chi connectivity index (χ3v) is 5.70. The van der Waals surface area contributed by atoms with Gasteiger partial charge in [-0.1, -0.05) is 42.5 Å². The first kappa shape index (κ1) is 28.0. The van der Waals surface area contributed by atoms with Gasteiger partial charge in [0, 0.05) is 17.8 Å². The third kappa shape index (κ3) is 8.55. The zero-order chi connectivity index (χ0) is 27.3. The smallest absolute Gasteiger partial charge is 0.407 e. The number of aryl methyl sites for hydroxylation is 1. The zero-order valence-corrected chi connectivity index (χ0v) is 21.8. The minimum absolute atomic E-state index is 0.162. The van der Waals surface area contributed by atoms with Gasteiger partial charge in [-0.05, 0) is 61.2 Å². The first-order valence-corrected chi connectivity index (χ1v) is 12.2. The second-order valence-electron chi connectivity index (χ2n) is 8.59. The van der Waals surface area contributed by atoms with E-state index in [0.29, 0.717) is 29.2 Å². The van der Waals surface area contributed by atoms with E-state index in [1.54, 1.807) is 24.3 Å². The molecule has 0 fully saturated rings. The molecule has 0 aromatic heterocycles. The Kier molecular flexibility index (Phi) is 10.5. The second-order valence-corrected chi connectivity index (χ2v) is 8.59. The summed E-state index contributed by atoms with van der Waals surface area (Å²) in [7, 11) is 2.99. The number of nitrogens with one attached hydrogen (secondary N) is 3. The lowest BCUT2D eigenvalue weighted by atomic mass is 10.1. The Hall–Kier alpha value is -4.53. The number of alkyl carbamates (subject to hydrolysis) is 1. The fourth-order valence-electron chi connectivity index (χ4n) is 3.71. The Morgan fingerprint density at radius 1 is 0.868 bits per heavy atom. The number of methoxy groups -OCH3 is 2. The molecule has 0 aliphatic heterocycles. The van der Waals surface area contributed by atoms with Crippen LogP contribution in [0.1, 0.15) is 34.3 Å². The number of carbonyl (C=O) groups is 3. The molecule has 0 spiro atoms. The predicted octanol–water partition coefficient (Wildman–Crippen LogP) is 4.46. The quantitative estimate of drug-likeness (QED) is 0.305. The zero-order valence-electron chi connectivity index (χ0n) is 21.8. The van der Waals surface area contributed by atoms with E-state index in [1.807, 2.05) is 55.5 Å². The van der Waals surface area contributed by atoms with E-state index < -0.39 is 18.0 Å². The number of rotatable bonds is 12. The number of benzene rings is 3. The van der Waals surface area contributed by atoms with E-state index in [4.69, 9.17) is 14.2 Å². The maximum absolute atomic E-state index is 13.1.